The highest BCUT2D eigenvalue weighted by molar-refractivity contribution is 5.79. The molecule has 3 unspecified atom stereocenters. The van der Waals surface area contributed by atoms with Crippen molar-refractivity contribution >= 4 is 17.0 Å². The Bertz CT molecular complexity index is 619. The summed E-state index contributed by atoms with van der Waals surface area (Å²) in [6, 6.07) is 5.53. The fourth-order valence-corrected chi connectivity index (χ4v) is 3.98. The van der Waals surface area contributed by atoms with Gasteiger partial charge in [0.05, 0.1) is 5.52 Å². The van der Waals surface area contributed by atoms with E-state index >= 15 is 0 Å². The fourth-order valence-electron chi connectivity index (χ4n) is 3.98. The predicted octanol–water partition coefficient (Wildman–Crippen LogP) is 3.12. The van der Waals surface area contributed by atoms with Gasteiger partial charge in [-0.3, -0.25) is 0 Å². The third-order valence-corrected chi connectivity index (χ3v) is 4.73. The van der Waals surface area contributed by atoms with Crippen molar-refractivity contribution in [3.8, 4) is 0 Å². The summed E-state index contributed by atoms with van der Waals surface area (Å²) >= 11 is 0. The standard InChI is InChI=1S/C14H16FN3/c15-10-2-1-3-11-13(10)17-14(16)18(11)12-7-8-4-5-9(12)6-8/h1-3,8-9,12H,4-7H2,(H2,16,17). The number of nitrogen functional groups attached to an aromatic ring is 1. The molecule has 1 aromatic carbocycles. The SMILES string of the molecule is Nc1nc2c(F)cccc2n1C1CC2CCC1C2. The second-order valence-electron chi connectivity index (χ2n) is 5.69. The average molecular weight is 245 g/mol. The van der Waals surface area contributed by atoms with Gasteiger partial charge in [0, 0.05) is 6.04 Å². The summed E-state index contributed by atoms with van der Waals surface area (Å²) in [5, 5.41) is 0. The molecule has 1 heterocycles. The van der Waals surface area contributed by atoms with Crippen molar-refractivity contribution in [2.45, 2.75) is 31.7 Å². The van der Waals surface area contributed by atoms with Crippen LogP contribution in [0.3, 0.4) is 0 Å². The molecule has 1 aromatic heterocycles. The van der Waals surface area contributed by atoms with Crippen LogP contribution in [-0.4, -0.2) is 9.55 Å². The quantitative estimate of drug-likeness (QED) is 0.838. The summed E-state index contributed by atoms with van der Waals surface area (Å²) in [5.41, 5.74) is 7.29. The van der Waals surface area contributed by atoms with Crippen molar-refractivity contribution in [1.29, 1.82) is 0 Å². The molecular weight excluding hydrogens is 229 g/mol. The minimum absolute atomic E-state index is 0.277. The lowest BCUT2D eigenvalue weighted by Gasteiger charge is -2.24. The zero-order valence-corrected chi connectivity index (χ0v) is 10.1. The van der Waals surface area contributed by atoms with E-state index in [1.165, 1.54) is 31.7 Å². The van der Waals surface area contributed by atoms with Gasteiger partial charge in [-0.1, -0.05) is 12.5 Å². The van der Waals surface area contributed by atoms with E-state index in [1.807, 2.05) is 6.07 Å². The van der Waals surface area contributed by atoms with Gasteiger partial charge in [0.15, 0.2) is 5.82 Å². The van der Waals surface area contributed by atoms with Crippen LogP contribution in [0.2, 0.25) is 0 Å². The summed E-state index contributed by atoms with van der Waals surface area (Å²) in [7, 11) is 0. The maximum Gasteiger partial charge on any atom is 0.201 e. The molecule has 4 rings (SSSR count). The Labute approximate surface area is 105 Å². The Kier molecular flexibility index (Phi) is 1.99. The number of anilines is 1. The van der Waals surface area contributed by atoms with Gasteiger partial charge in [0.2, 0.25) is 5.95 Å². The van der Waals surface area contributed by atoms with Gasteiger partial charge in [-0.05, 0) is 43.2 Å². The van der Waals surface area contributed by atoms with E-state index in [1.54, 1.807) is 6.07 Å². The first-order chi connectivity index (χ1) is 8.74. The van der Waals surface area contributed by atoms with Crippen molar-refractivity contribution in [3.63, 3.8) is 0 Å². The number of nitrogens with two attached hydrogens (primary N) is 1. The molecule has 2 aromatic rings. The second-order valence-corrected chi connectivity index (χ2v) is 5.69. The minimum atomic E-state index is -0.277. The lowest BCUT2D eigenvalue weighted by Crippen LogP contribution is -2.17. The smallest absolute Gasteiger partial charge is 0.201 e. The third kappa shape index (κ3) is 1.26. The third-order valence-electron chi connectivity index (χ3n) is 4.73. The van der Waals surface area contributed by atoms with Crippen molar-refractivity contribution in [3.05, 3.63) is 24.0 Å². The first-order valence-electron chi connectivity index (χ1n) is 6.66. The number of fused-ring (bicyclic) bond motifs is 3. The van der Waals surface area contributed by atoms with E-state index in [2.05, 4.69) is 9.55 Å². The van der Waals surface area contributed by atoms with Crippen LogP contribution in [0.4, 0.5) is 10.3 Å². The lowest BCUT2D eigenvalue weighted by atomic mass is 9.95. The molecular formula is C14H16FN3. The molecule has 3 nitrogen and oxygen atoms in total. The molecule has 4 heteroatoms. The number of halogens is 1. The van der Waals surface area contributed by atoms with Crippen molar-refractivity contribution in [2.24, 2.45) is 11.8 Å². The van der Waals surface area contributed by atoms with Gasteiger partial charge < -0.3 is 10.3 Å². The molecule has 2 N–H and O–H groups in total. The van der Waals surface area contributed by atoms with Crippen molar-refractivity contribution < 1.29 is 4.39 Å². The Hall–Kier alpha value is -1.58. The maximum atomic E-state index is 13.7. The number of hydrogen-bond donors (Lipinski definition) is 1. The highest BCUT2D eigenvalue weighted by Crippen LogP contribution is 2.52. The van der Waals surface area contributed by atoms with E-state index in [-0.39, 0.29) is 5.82 Å². The first-order valence-corrected chi connectivity index (χ1v) is 6.66. The van der Waals surface area contributed by atoms with E-state index in [4.69, 9.17) is 5.73 Å². The number of benzene rings is 1. The number of nitrogens with zero attached hydrogens (tertiary/aromatic N) is 2. The monoisotopic (exact) mass is 245 g/mol. The highest BCUT2D eigenvalue weighted by atomic mass is 19.1. The van der Waals surface area contributed by atoms with Crippen LogP contribution >= 0.6 is 0 Å². The van der Waals surface area contributed by atoms with Crippen LogP contribution < -0.4 is 5.73 Å². The van der Waals surface area contributed by atoms with Crippen molar-refractivity contribution in [2.75, 3.05) is 5.73 Å². The number of rotatable bonds is 1. The van der Waals surface area contributed by atoms with E-state index < -0.39 is 0 Å². The van der Waals surface area contributed by atoms with Crippen LogP contribution in [0, 0.1) is 17.7 Å². The second kappa shape index (κ2) is 3.46. The molecule has 3 atom stereocenters. The highest BCUT2D eigenvalue weighted by Gasteiger charge is 2.41. The number of hydrogen-bond acceptors (Lipinski definition) is 2. The van der Waals surface area contributed by atoms with Gasteiger partial charge in [-0.15, -0.1) is 0 Å². The minimum Gasteiger partial charge on any atom is -0.369 e. The van der Waals surface area contributed by atoms with E-state index in [0.717, 1.165) is 11.4 Å². The first kappa shape index (κ1) is 10.4. The van der Waals surface area contributed by atoms with E-state index in [0.29, 0.717) is 23.4 Å². The number of imidazole rings is 1. The Morgan fingerprint density at radius 1 is 1.28 bits per heavy atom. The van der Waals surface area contributed by atoms with Gasteiger partial charge >= 0.3 is 0 Å². The number of aromatic nitrogens is 2. The van der Waals surface area contributed by atoms with Gasteiger partial charge in [-0.25, -0.2) is 9.37 Å². The Balaban J connectivity index is 1.90. The molecule has 2 aliphatic rings. The molecule has 0 radical (unpaired) electrons. The van der Waals surface area contributed by atoms with Crippen LogP contribution in [0.1, 0.15) is 31.7 Å². The summed E-state index contributed by atoms with van der Waals surface area (Å²) in [6.07, 6.45) is 5.11. The molecule has 18 heavy (non-hydrogen) atoms. The molecule has 0 saturated heterocycles. The van der Waals surface area contributed by atoms with Crippen LogP contribution in [0.25, 0.3) is 11.0 Å². The predicted molar refractivity (Wildman–Crippen MR) is 68.6 cm³/mol. The van der Waals surface area contributed by atoms with Gasteiger partial charge in [-0.2, -0.15) is 0 Å². The maximum absolute atomic E-state index is 13.7. The molecule has 2 aliphatic carbocycles. The van der Waals surface area contributed by atoms with E-state index in [9.17, 15) is 4.39 Å². The van der Waals surface area contributed by atoms with Gasteiger partial charge in [0.1, 0.15) is 5.52 Å². The normalized spacial score (nSPS) is 30.4. The van der Waals surface area contributed by atoms with Crippen LogP contribution in [0.5, 0.6) is 0 Å². The van der Waals surface area contributed by atoms with Gasteiger partial charge in [0.25, 0.3) is 0 Å². The average Bonchev–Trinajstić information content (AvgIpc) is 3.02. The molecule has 2 fully saturated rings. The molecule has 0 spiro atoms. The van der Waals surface area contributed by atoms with Crippen molar-refractivity contribution in [1.82, 2.24) is 9.55 Å². The van der Waals surface area contributed by atoms with Crippen LogP contribution in [-0.2, 0) is 0 Å². The molecule has 94 valence electrons. The molecule has 0 aliphatic heterocycles. The zero-order valence-electron chi connectivity index (χ0n) is 10.1. The van der Waals surface area contributed by atoms with Crippen LogP contribution in [0.15, 0.2) is 18.2 Å². The summed E-state index contributed by atoms with van der Waals surface area (Å²) in [4.78, 5) is 4.21. The summed E-state index contributed by atoms with van der Waals surface area (Å²) in [6.45, 7) is 0. The molecule has 0 amide bonds. The number of para-hydroxylation sites is 1. The summed E-state index contributed by atoms with van der Waals surface area (Å²) < 4.78 is 15.8. The largest absolute Gasteiger partial charge is 0.369 e. The fraction of sp³-hybridized carbons (Fsp3) is 0.500. The molecule has 2 saturated carbocycles. The summed E-state index contributed by atoms with van der Waals surface area (Å²) in [5.74, 6) is 1.73. The zero-order chi connectivity index (χ0) is 12.3. The Morgan fingerprint density at radius 2 is 2.17 bits per heavy atom. The lowest BCUT2D eigenvalue weighted by molar-refractivity contribution is 0.339. The Morgan fingerprint density at radius 3 is 2.89 bits per heavy atom. The topological polar surface area (TPSA) is 43.8 Å². The molecule has 2 bridgehead atoms.